The van der Waals surface area contributed by atoms with Gasteiger partial charge < -0.3 is 19.9 Å². The molecule has 3 aromatic heterocycles. The molecule has 0 bridgehead atoms. The highest BCUT2D eigenvalue weighted by molar-refractivity contribution is 5.93. The topological polar surface area (TPSA) is 96.0 Å². The molecule has 0 unspecified atom stereocenters. The van der Waals surface area contributed by atoms with Crippen molar-refractivity contribution in [2.24, 2.45) is 0 Å². The van der Waals surface area contributed by atoms with Crippen molar-refractivity contribution in [3.63, 3.8) is 0 Å². The van der Waals surface area contributed by atoms with Crippen molar-refractivity contribution < 1.29 is 4.74 Å². The summed E-state index contributed by atoms with van der Waals surface area (Å²) in [7, 11) is 0. The molecule has 1 saturated heterocycles. The monoisotopic (exact) mass is 456 g/mol. The molecule has 1 aliphatic rings. The van der Waals surface area contributed by atoms with Crippen LogP contribution in [0, 0.1) is 20.8 Å². The van der Waals surface area contributed by atoms with E-state index < -0.39 is 0 Å². The number of morpholine rings is 1. The number of aryl methyl sites for hydroxylation is 3. The molecule has 0 spiro atoms. The highest BCUT2D eigenvalue weighted by atomic mass is 16.5. The smallest absolute Gasteiger partial charge is 0.262 e. The van der Waals surface area contributed by atoms with Crippen molar-refractivity contribution >= 4 is 28.1 Å². The predicted molar refractivity (Wildman–Crippen MR) is 135 cm³/mol. The minimum atomic E-state index is -0.221. The summed E-state index contributed by atoms with van der Waals surface area (Å²) in [5, 5.41) is 3.80. The van der Waals surface area contributed by atoms with E-state index in [9.17, 15) is 4.79 Å². The average Bonchev–Trinajstić information content (AvgIpc) is 2.79. The van der Waals surface area contributed by atoms with Gasteiger partial charge in [-0.2, -0.15) is 0 Å². The van der Waals surface area contributed by atoms with Gasteiger partial charge in [0.1, 0.15) is 17.0 Å². The van der Waals surface area contributed by atoms with Crippen LogP contribution in [0.3, 0.4) is 0 Å². The van der Waals surface area contributed by atoms with Gasteiger partial charge in [0.2, 0.25) is 0 Å². The normalized spacial score (nSPS) is 16.1. The minimum Gasteiger partial charge on any atom is -0.375 e. The second kappa shape index (κ2) is 8.87. The summed E-state index contributed by atoms with van der Waals surface area (Å²) in [6, 6.07) is 12.0. The lowest BCUT2D eigenvalue weighted by Crippen LogP contribution is -2.41. The number of nitrogens with zero attached hydrogens (tertiary/aromatic N) is 4. The molecule has 1 fully saturated rings. The fourth-order valence-electron chi connectivity index (χ4n) is 4.40. The van der Waals surface area contributed by atoms with Gasteiger partial charge in [0.15, 0.2) is 0 Å². The molecule has 1 aliphatic heterocycles. The Morgan fingerprint density at radius 1 is 1.12 bits per heavy atom. The molecule has 0 radical (unpaired) electrons. The summed E-state index contributed by atoms with van der Waals surface area (Å²) in [4.78, 5) is 31.8. The van der Waals surface area contributed by atoms with E-state index in [4.69, 9.17) is 9.72 Å². The van der Waals surface area contributed by atoms with Crippen LogP contribution in [-0.2, 0) is 4.74 Å². The third kappa shape index (κ3) is 4.36. The van der Waals surface area contributed by atoms with E-state index in [1.54, 1.807) is 13.1 Å². The number of pyridine rings is 2. The number of anilines is 3. The Morgan fingerprint density at radius 2 is 1.97 bits per heavy atom. The SMILES string of the molecule is Cc1ccc(-c2cc3nc(C)[nH]c(=O)c3c(Nc3ccc(N4CCO[C@H](C)C4)c(C)c3)n2)cn1. The van der Waals surface area contributed by atoms with Gasteiger partial charge in [-0.25, -0.2) is 9.97 Å². The van der Waals surface area contributed by atoms with Gasteiger partial charge in [-0.3, -0.25) is 9.78 Å². The van der Waals surface area contributed by atoms with Gasteiger partial charge in [-0.05, 0) is 69.7 Å². The number of rotatable bonds is 4. The van der Waals surface area contributed by atoms with Gasteiger partial charge in [0.25, 0.3) is 5.56 Å². The van der Waals surface area contributed by atoms with E-state index in [2.05, 4.69) is 51.1 Å². The van der Waals surface area contributed by atoms with Crippen LogP contribution in [0.1, 0.15) is 24.0 Å². The van der Waals surface area contributed by atoms with Gasteiger partial charge in [0.05, 0.1) is 23.9 Å². The molecule has 1 aromatic carbocycles. The zero-order valence-electron chi connectivity index (χ0n) is 19.8. The zero-order chi connectivity index (χ0) is 23.8. The Labute approximate surface area is 198 Å². The van der Waals surface area contributed by atoms with Crippen molar-refractivity contribution in [1.29, 1.82) is 0 Å². The number of aromatic amines is 1. The molecule has 4 aromatic rings. The largest absolute Gasteiger partial charge is 0.375 e. The Kier molecular flexibility index (Phi) is 5.75. The van der Waals surface area contributed by atoms with E-state index in [0.717, 1.165) is 42.2 Å². The number of hydrogen-bond acceptors (Lipinski definition) is 7. The van der Waals surface area contributed by atoms with E-state index in [1.807, 2.05) is 31.2 Å². The van der Waals surface area contributed by atoms with E-state index >= 15 is 0 Å². The highest BCUT2D eigenvalue weighted by Crippen LogP contribution is 2.30. The molecule has 1 atom stereocenters. The third-order valence-corrected chi connectivity index (χ3v) is 6.06. The van der Waals surface area contributed by atoms with Crippen molar-refractivity contribution in [2.75, 3.05) is 29.9 Å². The number of ether oxygens (including phenoxy) is 1. The maximum Gasteiger partial charge on any atom is 0.262 e. The Balaban J connectivity index is 1.55. The first-order valence-electron chi connectivity index (χ1n) is 11.5. The fourth-order valence-corrected chi connectivity index (χ4v) is 4.40. The van der Waals surface area contributed by atoms with Crippen LogP contribution in [0.25, 0.3) is 22.2 Å². The molecule has 0 amide bonds. The molecule has 174 valence electrons. The van der Waals surface area contributed by atoms with E-state index in [1.165, 1.54) is 5.69 Å². The lowest BCUT2D eigenvalue weighted by Gasteiger charge is -2.34. The average molecular weight is 457 g/mol. The molecular weight excluding hydrogens is 428 g/mol. The van der Waals surface area contributed by atoms with Gasteiger partial charge in [-0.1, -0.05) is 0 Å². The summed E-state index contributed by atoms with van der Waals surface area (Å²) in [5.74, 6) is 1.02. The first-order valence-corrected chi connectivity index (χ1v) is 11.5. The predicted octanol–water partition coefficient (Wildman–Crippen LogP) is 4.27. The van der Waals surface area contributed by atoms with Crippen LogP contribution in [0.4, 0.5) is 17.2 Å². The maximum atomic E-state index is 12.9. The molecular formula is C26H28N6O2. The standard InChI is InChI=1S/C26H28N6O2/c1-15-11-20(7-8-23(15)32-9-10-34-17(3)14-32)30-25-24-22(28-18(4)29-26(24)33)12-21(31-25)19-6-5-16(2)27-13-19/h5-8,11-13,17H,9-10,14H2,1-4H3,(H,30,31)(H,28,29,33)/t17-/m1/s1. The number of aromatic nitrogens is 4. The van der Waals surface area contributed by atoms with Crippen LogP contribution >= 0.6 is 0 Å². The number of fused-ring (bicyclic) bond motifs is 1. The summed E-state index contributed by atoms with van der Waals surface area (Å²) < 4.78 is 5.68. The molecule has 5 rings (SSSR count). The molecule has 2 N–H and O–H groups in total. The van der Waals surface area contributed by atoms with Gasteiger partial charge >= 0.3 is 0 Å². The summed E-state index contributed by atoms with van der Waals surface area (Å²) in [5.41, 5.74) is 6.05. The summed E-state index contributed by atoms with van der Waals surface area (Å²) >= 11 is 0. The number of hydrogen-bond donors (Lipinski definition) is 2. The van der Waals surface area contributed by atoms with Crippen molar-refractivity contribution in [2.45, 2.75) is 33.8 Å². The first kappa shape index (κ1) is 22.0. The second-order valence-electron chi connectivity index (χ2n) is 8.84. The summed E-state index contributed by atoms with van der Waals surface area (Å²) in [6.45, 7) is 10.4. The minimum absolute atomic E-state index is 0.211. The fraction of sp³-hybridized carbons (Fsp3) is 0.308. The molecule has 0 aliphatic carbocycles. The van der Waals surface area contributed by atoms with Crippen molar-refractivity contribution in [3.05, 3.63) is 70.0 Å². The zero-order valence-corrected chi connectivity index (χ0v) is 19.8. The lowest BCUT2D eigenvalue weighted by molar-refractivity contribution is 0.0532. The van der Waals surface area contributed by atoms with Gasteiger partial charge in [0, 0.05) is 41.9 Å². The Morgan fingerprint density at radius 3 is 2.71 bits per heavy atom. The molecule has 8 heteroatoms. The summed E-state index contributed by atoms with van der Waals surface area (Å²) in [6.07, 6.45) is 2.00. The third-order valence-electron chi connectivity index (χ3n) is 6.06. The number of H-pyrrole nitrogens is 1. The van der Waals surface area contributed by atoms with E-state index in [0.29, 0.717) is 28.2 Å². The Bertz CT molecular complexity index is 1410. The number of benzene rings is 1. The second-order valence-corrected chi connectivity index (χ2v) is 8.84. The highest BCUT2D eigenvalue weighted by Gasteiger charge is 2.19. The van der Waals surface area contributed by atoms with Crippen LogP contribution in [-0.4, -0.2) is 45.7 Å². The van der Waals surface area contributed by atoms with Crippen LogP contribution in [0.15, 0.2) is 47.4 Å². The van der Waals surface area contributed by atoms with Crippen molar-refractivity contribution in [3.8, 4) is 11.3 Å². The quantitative estimate of drug-likeness (QED) is 0.473. The Hall–Kier alpha value is -3.78. The first-order chi connectivity index (χ1) is 16.4. The number of nitrogens with one attached hydrogen (secondary N) is 2. The van der Waals surface area contributed by atoms with Crippen LogP contribution in [0.5, 0.6) is 0 Å². The maximum absolute atomic E-state index is 12.9. The molecule has 8 nitrogen and oxygen atoms in total. The van der Waals surface area contributed by atoms with Crippen LogP contribution < -0.4 is 15.8 Å². The lowest BCUT2D eigenvalue weighted by atomic mass is 10.1. The van der Waals surface area contributed by atoms with Crippen LogP contribution in [0.2, 0.25) is 0 Å². The van der Waals surface area contributed by atoms with E-state index in [-0.39, 0.29) is 11.7 Å². The molecule has 4 heterocycles. The molecule has 0 saturated carbocycles. The molecule has 34 heavy (non-hydrogen) atoms. The van der Waals surface area contributed by atoms with Gasteiger partial charge in [-0.15, -0.1) is 0 Å². The van der Waals surface area contributed by atoms with Crippen molar-refractivity contribution in [1.82, 2.24) is 19.9 Å².